The van der Waals surface area contributed by atoms with E-state index in [0.717, 1.165) is 18.5 Å². The zero-order valence-corrected chi connectivity index (χ0v) is 24.8. The van der Waals surface area contributed by atoms with Gasteiger partial charge < -0.3 is 4.57 Å². The Bertz CT molecular complexity index is 2000. The van der Waals surface area contributed by atoms with E-state index in [2.05, 4.69) is 170 Å². The molecule has 1 aliphatic rings. The lowest BCUT2D eigenvalue weighted by atomic mass is 9.95. The van der Waals surface area contributed by atoms with Crippen LogP contribution in [0.1, 0.15) is 30.9 Å². The minimum atomic E-state index is 1.13. The van der Waals surface area contributed by atoms with Gasteiger partial charge in [-0.15, -0.1) is 0 Å². The fraction of sp³-hybridized carbons (Fsp3) is 0.0952. The SMILES string of the molecule is C/C(=C\c1ccc(-c2ccc3cc(-c4ccccc4)n(-c4ccc(-c5ccccc5)cc4)c3c2)cc1C)C1=CCCC=C1. The highest BCUT2D eigenvalue weighted by molar-refractivity contribution is 5.92. The zero-order valence-electron chi connectivity index (χ0n) is 24.8. The molecule has 208 valence electrons. The van der Waals surface area contributed by atoms with Gasteiger partial charge in [-0.05, 0) is 101 Å². The molecule has 1 aliphatic carbocycles. The highest BCUT2D eigenvalue weighted by atomic mass is 15.0. The summed E-state index contributed by atoms with van der Waals surface area (Å²) in [7, 11) is 0. The van der Waals surface area contributed by atoms with Crippen LogP contribution in [0.4, 0.5) is 0 Å². The Kier molecular flexibility index (Phi) is 7.23. The number of rotatable bonds is 6. The fourth-order valence-corrected chi connectivity index (χ4v) is 6.15. The van der Waals surface area contributed by atoms with Gasteiger partial charge in [0.25, 0.3) is 0 Å². The van der Waals surface area contributed by atoms with E-state index in [-0.39, 0.29) is 0 Å². The molecule has 0 radical (unpaired) electrons. The Hall–Kier alpha value is -5.14. The van der Waals surface area contributed by atoms with Crippen molar-refractivity contribution in [1.29, 1.82) is 0 Å². The summed E-state index contributed by atoms with van der Waals surface area (Å²) in [5, 5.41) is 1.23. The van der Waals surface area contributed by atoms with Crippen LogP contribution in [0.2, 0.25) is 0 Å². The van der Waals surface area contributed by atoms with Crippen molar-refractivity contribution in [3.63, 3.8) is 0 Å². The molecule has 0 atom stereocenters. The van der Waals surface area contributed by atoms with Crippen LogP contribution in [0.25, 0.3) is 56.2 Å². The van der Waals surface area contributed by atoms with Gasteiger partial charge in [-0.1, -0.05) is 127 Å². The maximum absolute atomic E-state index is 2.40. The predicted octanol–water partition coefficient (Wildman–Crippen LogP) is 11.6. The van der Waals surface area contributed by atoms with Crippen molar-refractivity contribution < 1.29 is 0 Å². The number of fused-ring (bicyclic) bond motifs is 1. The quantitative estimate of drug-likeness (QED) is 0.193. The average Bonchev–Trinajstić information content (AvgIpc) is 3.46. The van der Waals surface area contributed by atoms with E-state index >= 15 is 0 Å². The van der Waals surface area contributed by atoms with Gasteiger partial charge in [0.15, 0.2) is 0 Å². The first kappa shape index (κ1) is 26.7. The maximum Gasteiger partial charge on any atom is 0.0541 e. The Morgan fingerprint density at radius 1 is 0.628 bits per heavy atom. The number of benzene rings is 5. The molecule has 0 fully saturated rings. The van der Waals surface area contributed by atoms with Crippen LogP contribution in [0.15, 0.2) is 157 Å². The summed E-state index contributed by atoms with van der Waals surface area (Å²) in [6.45, 7) is 4.43. The van der Waals surface area contributed by atoms with Gasteiger partial charge >= 0.3 is 0 Å². The topological polar surface area (TPSA) is 4.93 Å². The average molecular weight is 554 g/mol. The van der Waals surface area contributed by atoms with E-state index in [1.807, 2.05) is 0 Å². The lowest BCUT2D eigenvalue weighted by molar-refractivity contribution is 1.02. The molecule has 5 aromatic carbocycles. The monoisotopic (exact) mass is 553 g/mol. The third kappa shape index (κ3) is 5.43. The number of aromatic nitrogens is 1. The van der Waals surface area contributed by atoms with Crippen LogP contribution in [0, 0.1) is 6.92 Å². The number of nitrogens with zero attached hydrogens (tertiary/aromatic N) is 1. The van der Waals surface area contributed by atoms with Crippen LogP contribution in [0.3, 0.4) is 0 Å². The Labute approximate surface area is 254 Å². The minimum absolute atomic E-state index is 1.13. The minimum Gasteiger partial charge on any atom is -0.309 e. The number of allylic oxidation sites excluding steroid dienone is 5. The first-order valence-electron chi connectivity index (χ1n) is 15.2. The molecule has 1 aromatic heterocycles. The Morgan fingerprint density at radius 3 is 1.98 bits per heavy atom. The van der Waals surface area contributed by atoms with Crippen LogP contribution in [-0.2, 0) is 0 Å². The van der Waals surface area contributed by atoms with E-state index in [4.69, 9.17) is 0 Å². The molecule has 1 nitrogen and oxygen atoms in total. The van der Waals surface area contributed by atoms with Gasteiger partial charge in [0.1, 0.15) is 0 Å². The third-order valence-corrected chi connectivity index (χ3v) is 8.53. The van der Waals surface area contributed by atoms with Gasteiger partial charge in [0.2, 0.25) is 0 Å². The van der Waals surface area contributed by atoms with Crippen molar-refractivity contribution >= 4 is 17.0 Å². The molecular weight excluding hydrogens is 518 g/mol. The second-order valence-electron chi connectivity index (χ2n) is 11.5. The summed E-state index contributed by atoms with van der Waals surface area (Å²) in [5.74, 6) is 0. The van der Waals surface area contributed by atoms with E-state index in [0.29, 0.717) is 0 Å². The molecule has 1 heterocycles. The number of hydrogen-bond donors (Lipinski definition) is 0. The van der Waals surface area contributed by atoms with Crippen LogP contribution < -0.4 is 0 Å². The molecule has 0 spiro atoms. The standard InChI is InChI=1S/C42H35N/c1-30(32-12-6-3-7-13-32)26-36-18-19-37(27-31(36)2)38-20-21-39-29-41(35-16-10-5-11-17-35)43(42(39)28-38)40-24-22-34(23-25-40)33-14-8-4-9-15-33/h4-6,8-29H,3,7H2,1-2H3/b30-26+. The highest BCUT2D eigenvalue weighted by Gasteiger charge is 2.14. The second-order valence-corrected chi connectivity index (χ2v) is 11.5. The summed E-state index contributed by atoms with van der Waals surface area (Å²) < 4.78 is 2.40. The number of aryl methyl sites for hydroxylation is 1. The van der Waals surface area contributed by atoms with Crippen LogP contribution in [-0.4, -0.2) is 4.57 Å². The molecule has 0 N–H and O–H groups in total. The van der Waals surface area contributed by atoms with Crippen molar-refractivity contribution in [2.45, 2.75) is 26.7 Å². The van der Waals surface area contributed by atoms with Crippen molar-refractivity contribution in [3.8, 4) is 39.2 Å². The third-order valence-electron chi connectivity index (χ3n) is 8.53. The summed E-state index contributed by atoms with van der Waals surface area (Å²) in [5.41, 5.74) is 14.9. The molecule has 0 aliphatic heterocycles. The molecule has 6 aromatic rings. The van der Waals surface area contributed by atoms with Crippen molar-refractivity contribution in [3.05, 3.63) is 168 Å². The van der Waals surface area contributed by atoms with E-state index in [1.165, 1.54) is 66.7 Å². The normalized spacial score (nSPS) is 13.3. The molecule has 7 rings (SSSR count). The molecule has 43 heavy (non-hydrogen) atoms. The van der Waals surface area contributed by atoms with E-state index in [9.17, 15) is 0 Å². The van der Waals surface area contributed by atoms with Crippen molar-refractivity contribution in [1.82, 2.24) is 4.57 Å². The molecule has 0 saturated carbocycles. The lowest BCUT2D eigenvalue weighted by Crippen LogP contribution is -1.97. The van der Waals surface area contributed by atoms with Gasteiger partial charge in [-0.3, -0.25) is 0 Å². The summed E-state index contributed by atoms with van der Waals surface area (Å²) in [6.07, 6.45) is 11.5. The Morgan fingerprint density at radius 2 is 1.28 bits per heavy atom. The second kappa shape index (κ2) is 11.6. The van der Waals surface area contributed by atoms with E-state index < -0.39 is 0 Å². The zero-order chi connectivity index (χ0) is 29.2. The van der Waals surface area contributed by atoms with E-state index in [1.54, 1.807) is 0 Å². The maximum atomic E-state index is 2.40. The van der Waals surface area contributed by atoms with Crippen molar-refractivity contribution in [2.75, 3.05) is 0 Å². The Balaban J connectivity index is 1.30. The predicted molar refractivity (Wildman–Crippen MR) is 184 cm³/mol. The van der Waals surface area contributed by atoms with Gasteiger partial charge in [-0.2, -0.15) is 0 Å². The molecule has 0 unspecified atom stereocenters. The molecular formula is C42H35N. The summed E-state index contributed by atoms with van der Waals surface area (Å²) in [6, 6.07) is 46.2. The van der Waals surface area contributed by atoms with Crippen LogP contribution >= 0.6 is 0 Å². The van der Waals surface area contributed by atoms with Gasteiger partial charge in [-0.25, -0.2) is 0 Å². The largest absolute Gasteiger partial charge is 0.309 e. The molecule has 1 heteroatoms. The van der Waals surface area contributed by atoms with Gasteiger partial charge in [0, 0.05) is 11.1 Å². The molecule has 0 amide bonds. The number of hydrogen-bond acceptors (Lipinski definition) is 0. The summed E-state index contributed by atoms with van der Waals surface area (Å²) in [4.78, 5) is 0. The van der Waals surface area contributed by atoms with Crippen molar-refractivity contribution in [2.24, 2.45) is 0 Å². The smallest absolute Gasteiger partial charge is 0.0541 e. The first-order chi connectivity index (χ1) is 21.1. The molecule has 0 bridgehead atoms. The lowest BCUT2D eigenvalue weighted by Gasteiger charge is -2.14. The first-order valence-corrected chi connectivity index (χ1v) is 15.2. The fourth-order valence-electron chi connectivity index (χ4n) is 6.15. The highest BCUT2D eigenvalue weighted by Crippen LogP contribution is 2.35. The molecule has 0 saturated heterocycles. The van der Waals surface area contributed by atoms with Gasteiger partial charge in [0.05, 0.1) is 11.2 Å². The summed E-state index contributed by atoms with van der Waals surface area (Å²) >= 11 is 0. The van der Waals surface area contributed by atoms with Crippen LogP contribution in [0.5, 0.6) is 0 Å².